The molecule has 0 aliphatic carbocycles. The fourth-order valence-electron chi connectivity index (χ4n) is 3.54. The van der Waals surface area contributed by atoms with Crippen LogP contribution in [0.1, 0.15) is 39.7 Å². The fourth-order valence-corrected chi connectivity index (χ4v) is 3.77. The standard InChI is InChI=1S/C21H18ClF3N4O2/c1-2-29(8-12-4-3-11(7-27-12)21(23,24)25)20(30)14-5-13-15-9-31-10-16(15)19(26)28-18(13)6-17(14)22/h3-7H,2,8-10H2,1H3,(H2,26,28). The third-order valence-corrected chi connectivity index (χ3v) is 5.53. The number of amides is 1. The van der Waals surface area contributed by atoms with E-state index in [1.807, 2.05) is 0 Å². The van der Waals surface area contributed by atoms with Crippen LogP contribution >= 0.6 is 11.6 Å². The summed E-state index contributed by atoms with van der Waals surface area (Å²) < 4.78 is 43.7. The van der Waals surface area contributed by atoms with Crippen LogP contribution in [-0.2, 0) is 30.7 Å². The molecule has 3 heterocycles. The normalized spacial score (nSPS) is 13.5. The van der Waals surface area contributed by atoms with Gasteiger partial charge in [0.15, 0.2) is 0 Å². The molecule has 0 bridgehead atoms. The van der Waals surface area contributed by atoms with Gasteiger partial charge in [-0.15, -0.1) is 0 Å². The molecule has 31 heavy (non-hydrogen) atoms. The predicted molar refractivity (Wildman–Crippen MR) is 109 cm³/mol. The van der Waals surface area contributed by atoms with Crippen LogP contribution in [0.3, 0.4) is 0 Å². The van der Waals surface area contributed by atoms with E-state index >= 15 is 0 Å². The molecule has 0 atom stereocenters. The van der Waals surface area contributed by atoms with Crippen LogP contribution in [0.4, 0.5) is 19.0 Å². The predicted octanol–water partition coefficient (Wildman–Crippen LogP) is 4.58. The lowest BCUT2D eigenvalue weighted by Gasteiger charge is -2.22. The van der Waals surface area contributed by atoms with Crippen molar-refractivity contribution in [2.45, 2.75) is 32.9 Å². The number of nitrogens with zero attached hydrogens (tertiary/aromatic N) is 3. The van der Waals surface area contributed by atoms with Crippen molar-refractivity contribution in [2.75, 3.05) is 12.3 Å². The first-order valence-corrected chi connectivity index (χ1v) is 9.86. The molecular formula is C21H18ClF3N4O2. The van der Waals surface area contributed by atoms with Crippen LogP contribution in [0.2, 0.25) is 5.02 Å². The average molecular weight is 451 g/mol. The Morgan fingerprint density at radius 3 is 2.65 bits per heavy atom. The van der Waals surface area contributed by atoms with E-state index in [4.69, 9.17) is 22.1 Å². The smallest absolute Gasteiger partial charge is 0.383 e. The molecule has 3 aromatic rings. The number of aromatic nitrogens is 2. The van der Waals surface area contributed by atoms with Gasteiger partial charge in [0, 0.05) is 23.7 Å². The second-order valence-electron chi connectivity index (χ2n) is 7.15. The van der Waals surface area contributed by atoms with Gasteiger partial charge in [-0.2, -0.15) is 13.2 Å². The maximum atomic E-state index is 13.2. The first-order chi connectivity index (χ1) is 14.7. The number of nitrogens with two attached hydrogens (primary N) is 1. The number of anilines is 1. The Morgan fingerprint density at radius 1 is 1.26 bits per heavy atom. The molecule has 1 aromatic carbocycles. The zero-order valence-electron chi connectivity index (χ0n) is 16.5. The number of carbonyl (C=O) groups is 1. The van der Waals surface area contributed by atoms with Crippen LogP contribution in [0.15, 0.2) is 30.5 Å². The van der Waals surface area contributed by atoms with Crippen LogP contribution in [0.5, 0.6) is 0 Å². The highest BCUT2D eigenvalue weighted by Crippen LogP contribution is 2.34. The number of hydrogen-bond acceptors (Lipinski definition) is 5. The zero-order chi connectivity index (χ0) is 22.3. The summed E-state index contributed by atoms with van der Waals surface area (Å²) in [7, 11) is 0. The summed E-state index contributed by atoms with van der Waals surface area (Å²) in [6.45, 7) is 2.85. The van der Waals surface area contributed by atoms with Crippen LogP contribution in [-0.4, -0.2) is 27.3 Å². The molecule has 1 amide bonds. The fraction of sp³-hybridized carbons (Fsp3) is 0.286. The van der Waals surface area contributed by atoms with Gasteiger partial charge in [-0.3, -0.25) is 9.78 Å². The molecule has 4 rings (SSSR count). The lowest BCUT2D eigenvalue weighted by molar-refractivity contribution is -0.137. The Kier molecular flexibility index (Phi) is 5.49. The van der Waals surface area contributed by atoms with Gasteiger partial charge in [-0.05, 0) is 36.8 Å². The number of alkyl halides is 3. The number of nitrogen functional groups attached to an aromatic ring is 1. The Labute approximate surface area is 180 Å². The number of halogens is 4. The molecule has 0 saturated heterocycles. The molecule has 162 valence electrons. The Balaban J connectivity index is 1.65. The lowest BCUT2D eigenvalue weighted by atomic mass is 10.0. The van der Waals surface area contributed by atoms with Crippen molar-refractivity contribution in [1.82, 2.24) is 14.9 Å². The highest BCUT2D eigenvalue weighted by Gasteiger charge is 2.31. The van der Waals surface area contributed by atoms with E-state index in [-0.39, 0.29) is 23.0 Å². The zero-order valence-corrected chi connectivity index (χ0v) is 17.2. The summed E-state index contributed by atoms with van der Waals surface area (Å²) in [5, 5.41) is 0.945. The van der Waals surface area contributed by atoms with Gasteiger partial charge < -0.3 is 15.4 Å². The van der Waals surface area contributed by atoms with Crippen molar-refractivity contribution in [1.29, 1.82) is 0 Å². The number of benzene rings is 1. The van der Waals surface area contributed by atoms with Crippen LogP contribution in [0.25, 0.3) is 10.9 Å². The van der Waals surface area contributed by atoms with Gasteiger partial charge >= 0.3 is 6.18 Å². The SMILES string of the molecule is CCN(Cc1ccc(C(F)(F)F)cn1)C(=O)c1cc2c3c(c(N)nc2cc1Cl)COC3. The van der Waals surface area contributed by atoms with Gasteiger partial charge in [-0.1, -0.05) is 11.6 Å². The van der Waals surface area contributed by atoms with Gasteiger partial charge in [0.1, 0.15) is 5.82 Å². The van der Waals surface area contributed by atoms with E-state index < -0.39 is 11.7 Å². The van der Waals surface area contributed by atoms with Gasteiger partial charge in [-0.25, -0.2) is 4.98 Å². The molecule has 1 aliphatic rings. The molecule has 0 saturated carbocycles. The maximum Gasteiger partial charge on any atom is 0.417 e. The van der Waals surface area contributed by atoms with Crippen LogP contribution < -0.4 is 5.73 Å². The summed E-state index contributed by atoms with van der Waals surface area (Å²) in [6, 6.07) is 5.47. The lowest BCUT2D eigenvalue weighted by Crippen LogP contribution is -2.31. The molecular weight excluding hydrogens is 433 g/mol. The second kappa shape index (κ2) is 7.97. The topological polar surface area (TPSA) is 81.3 Å². The molecule has 0 fully saturated rings. The number of rotatable bonds is 4. The van der Waals surface area contributed by atoms with Crippen molar-refractivity contribution in [2.24, 2.45) is 0 Å². The van der Waals surface area contributed by atoms with Crippen molar-refractivity contribution < 1.29 is 22.7 Å². The summed E-state index contributed by atoms with van der Waals surface area (Å²) in [4.78, 5) is 22.9. The van der Waals surface area contributed by atoms with Crippen molar-refractivity contribution in [3.63, 3.8) is 0 Å². The molecule has 10 heteroatoms. The molecule has 0 unspecified atom stereocenters. The molecule has 2 N–H and O–H groups in total. The largest absolute Gasteiger partial charge is 0.417 e. The second-order valence-corrected chi connectivity index (χ2v) is 7.56. The monoisotopic (exact) mass is 450 g/mol. The minimum atomic E-state index is -4.47. The van der Waals surface area contributed by atoms with E-state index in [9.17, 15) is 18.0 Å². The van der Waals surface area contributed by atoms with Crippen molar-refractivity contribution in [3.05, 3.63) is 63.4 Å². The minimum Gasteiger partial charge on any atom is -0.383 e. The molecule has 0 radical (unpaired) electrons. The van der Waals surface area contributed by atoms with E-state index in [0.717, 1.165) is 28.8 Å². The highest BCUT2D eigenvalue weighted by molar-refractivity contribution is 6.34. The third-order valence-electron chi connectivity index (χ3n) is 5.22. The Bertz CT molecular complexity index is 1170. The van der Waals surface area contributed by atoms with Crippen molar-refractivity contribution >= 4 is 34.2 Å². The first-order valence-electron chi connectivity index (χ1n) is 9.48. The van der Waals surface area contributed by atoms with E-state index in [1.165, 1.54) is 11.0 Å². The van der Waals surface area contributed by atoms with Crippen LogP contribution in [0, 0.1) is 0 Å². The number of pyridine rings is 2. The summed E-state index contributed by atoms with van der Waals surface area (Å²) in [6.07, 6.45) is -3.71. The maximum absolute atomic E-state index is 13.2. The Morgan fingerprint density at radius 2 is 2.00 bits per heavy atom. The number of carbonyl (C=O) groups excluding carboxylic acids is 1. The first kappa shape index (κ1) is 21.3. The average Bonchev–Trinajstić information content (AvgIpc) is 3.22. The Hall–Kier alpha value is -2.91. The molecule has 6 nitrogen and oxygen atoms in total. The van der Waals surface area contributed by atoms with Gasteiger partial charge in [0.25, 0.3) is 5.91 Å². The highest BCUT2D eigenvalue weighted by atomic mass is 35.5. The number of hydrogen-bond donors (Lipinski definition) is 1. The summed E-state index contributed by atoms with van der Waals surface area (Å²) in [5.41, 5.74) is 8.00. The van der Waals surface area contributed by atoms with E-state index in [1.54, 1.807) is 19.1 Å². The molecule has 1 aliphatic heterocycles. The summed E-state index contributed by atoms with van der Waals surface area (Å²) >= 11 is 6.38. The quantitative estimate of drug-likeness (QED) is 0.629. The number of fused-ring (bicyclic) bond motifs is 3. The van der Waals surface area contributed by atoms with Gasteiger partial charge in [0.05, 0.1) is 47.1 Å². The van der Waals surface area contributed by atoms with Gasteiger partial charge in [0.2, 0.25) is 0 Å². The molecule has 0 spiro atoms. The molecule has 2 aromatic heterocycles. The van der Waals surface area contributed by atoms with Crippen molar-refractivity contribution in [3.8, 4) is 0 Å². The number of ether oxygens (including phenoxy) is 1. The minimum absolute atomic E-state index is 0.0447. The van der Waals surface area contributed by atoms with E-state index in [2.05, 4.69) is 9.97 Å². The van der Waals surface area contributed by atoms with E-state index in [0.29, 0.717) is 36.8 Å². The third kappa shape index (κ3) is 4.03. The summed E-state index contributed by atoms with van der Waals surface area (Å²) in [5.74, 6) is 0.0132.